The summed E-state index contributed by atoms with van der Waals surface area (Å²) in [5.74, 6) is -0.440. The van der Waals surface area contributed by atoms with Crippen LogP contribution in [0.5, 0.6) is 0 Å². The monoisotopic (exact) mass is 294 g/mol. The number of carboxylic acids is 1. The molecular formula is C11H10N4O4S. The van der Waals surface area contributed by atoms with Gasteiger partial charge in [0, 0.05) is 11.8 Å². The van der Waals surface area contributed by atoms with Gasteiger partial charge in [0.05, 0.1) is 4.92 Å². The first-order valence-electron chi connectivity index (χ1n) is 5.50. The number of hydrogen-bond acceptors (Lipinski definition) is 6. The zero-order chi connectivity index (χ0) is 14.7. The zero-order valence-electron chi connectivity index (χ0n) is 10.4. The normalized spacial score (nSPS) is 10.4. The largest absolute Gasteiger partial charge is 0.477 e. The van der Waals surface area contributed by atoms with Crippen LogP contribution in [0.4, 0.5) is 5.69 Å². The number of nitrogens with zero attached hydrogens (tertiary/aromatic N) is 3. The maximum Gasteiger partial charge on any atom is 0.343 e. The van der Waals surface area contributed by atoms with Crippen molar-refractivity contribution in [2.24, 2.45) is 0 Å². The lowest BCUT2D eigenvalue weighted by Gasteiger charge is -2.05. The highest BCUT2D eigenvalue weighted by Crippen LogP contribution is 2.27. The summed E-state index contributed by atoms with van der Waals surface area (Å²) in [5, 5.41) is 27.0. The van der Waals surface area contributed by atoms with Crippen molar-refractivity contribution >= 4 is 23.4 Å². The van der Waals surface area contributed by atoms with Crippen molar-refractivity contribution in [2.45, 2.75) is 17.8 Å². The third-order valence-electron chi connectivity index (χ3n) is 2.47. The Morgan fingerprint density at radius 2 is 2.30 bits per heavy atom. The van der Waals surface area contributed by atoms with Crippen LogP contribution in [0, 0.1) is 17.0 Å². The summed E-state index contributed by atoms with van der Waals surface area (Å²) in [6.07, 6.45) is 0. The van der Waals surface area contributed by atoms with Gasteiger partial charge in [-0.05, 0) is 12.5 Å². The molecule has 0 amide bonds. The Hall–Kier alpha value is -2.42. The summed E-state index contributed by atoms with van der Waals surface area (Å²) in [5.41, 5.74) is -0.349. The van der Waals surface area contributed by atoms with E-state index < -0.39 is 16.6 Å². The molecule has 0 aliphatic carbocycles. The first-order valence-corrected chi connectivity index (χ1v) is 6.49. The SMILES string of the molecule is Cc1nc(SCc2cccc([N+](=O)[O-])c2C(=O)O)n[nH]1. The van der Waals surface area contributed by atoms with Gasteiger partial charge in [-0.2, -0.15) is 0 Å². The molecule has 1 heterocycles. The molecule has 2 aromatic rings. The summed E-state index contributed by atoms with van der Waals surface area (Å²) >= 11 is 1.21. The highest BCUT2D eigenvalue weighted by atomic mass is 32.2. The highest BCUT2D eigenvalue weighted by molar-refractivity contribution is 7.98. The number of hydrogen-bond donors (Lipinski definition) is 2. The number of carboxylic acid groups (broad SMARTS) is 1. The van der Waals surface area contributed by atoms with E-state index in [4.69, 9.17) is 5.11 Å². The van der Waals surface area contributed by atoms with E-state index in [2.05, 4.69) is 15.2 Å². The molecule has 0 unspecified atom stereocenters. The minimum absolute atomic E-state index is 0.237. The molecule has 2 N–H and O–H groups in total. The molecule has 0 aliphatic heterocycles. The summed E-state index contributed by atoms with van der Waals surface area (Å²) in [6.45, 7) is 1.74. The van der Waals surface area contributed by atoms with E-state index in [0.29, 0.717) is 16.5 Å². The number of aromatic amines is 1. The molecular weight excluding hydrogens is 284 g/mol. The quantitative estimate of drug-likeness (QED) is 0.491. The summed E-state index contributed by atoms with van der Waals surface area (Å²) in [7, 11) is 0. The molecule has 0 bridgehead atoms. The van der Waals surface area contributed by atoms with Gasteiger partial charge in [0.1, 0.15) is 11.4 Å². The van der Waals surface area contributed by atoms with Gasteiger partial charge in [-0.25, -0.2) is 9.78 Å². The number of nitrogens with one attached hydrogen (secondary N) is 1. The van der Waals surface area contributed by atoms with E-state index in [1.54, 1.807) is 13.0 Å². The summed E-state index contributed by atoms with van der Waals surface area (Å²) in [4.78, 5) is 25.4. The van der Waals surface area contributed by atoms with Crippen LogP contribution in [0.3, 0.4) is 0 Å². The number of aromatic carboxylic acids is 1. The summed E-state index contributed by atoms with van der Waals surface area (Å²) in [6, 6.07) is 4.18. The van der Waals surface area contributed by atoms with E-state index in [9.17, 15) is 14.9 Å². The number of aryl methyl sites for hydroxylation is 1. The van der Waals surface area contributed by atoms with Crippen molar-refractivity contribution in [2.75, 3.05) is 0 Å². The van der Waals surface area contributed by atoms with Crippen molar-refractivity contribution < 1.29 is 14.8 Å². The zero-order valence-corrected chi connectivity index (χ0v) is 11.2. The average molecular weight is 294 g/mol. The Labute approximate surface area is 117 Å². The highest BCUT2D eigenvalue weighted by Gasteiger charge is 2.23. The van der Waals surface area contributed by atoms with Gasteiger partial charge in [-0.15, -0.1) is 5.10 Å². The van der Waals surface area contributed by atoms with Gasteiger partial charge >= 0.3 is 5.97 Å². The van der Waals surface area contributed by atoms with Crippen molar-refractivity contribution in [1.82, 2.24) is 15.2 Å². The van der Waals surface area contributed by atoms with E-state index in [-0.39, 0.29) is 11.3 Å². The standard InChI is InChI=1S/C11H10N4O4S/c1-6-12-11(14-13-6)20-5-7-3-2-4-8(15(18)19)9(7)10(16)17/h2-4H,5H2,1H3,(H,16,17)(H,12,13,14). The summed E-state index contributed by atoms with van der Waals surface area (Å²) < 4.78 is 0. The Bertz CT molecular complexity index is 670. The van der Waals surface area contributed by atoms with Crippen molar-refractivity contribution in [3.8, 4) is 0 Å². The molecule has 0 fully saturated rings. The molecule has 0 spiro atoms. The molecule has 8 nitrogen and oxygen atoms in total. The molecule has 0 radical (unpaired) electrons. The Morgan fingerprint density at radius 1 is 1.55 bits per heavy atom. The van der Waals surface area contributed by atoms with Gasteiger partial charge in [-0.3, -0.25) is 15.2 Å². The molecule has 0 atom stereocenters. The Kier molecular flexibility index (Phi) is 3.99. The lowest BCUT2D eigenvalue weighted by atomic mass is 10.1. The molecule has 9 heteroatoms. The van der Waals surface area contributed by atoms with Crippen molar-refractivity contribution in [3.63, 3.8) is 0 Å². The fourth-order valence-corrected chi connectivity index (χ4v) is 2.47. The maximum atomic E-state index is 11.2. The van der Waals surface area contributed by atoms with Crippen LogP contribution in [0.2, 0.25) is 0 Å². The number of nitro benzene ring substituents is 1. The second kappa shape index (κ2) is 5.70. The number of nitro groups is 1. The van der Waals surface area contributed by atoms with Crippen LogP contribution >= 0.6 is 11.8 Å². The molecule has 0 aliphatic rings. The van der Waals surface area contributed by atoms with E-state index in [1.165, 1.54) is 23.9 Å². The van der Waals surface area contributed by atoms with Crippen LogP contribution in [0.15, 0.2) is 23.4 Å². The third-order valence-corrected chi connectivity index (χ3v) is 3.37. The Morgan fingerprint density at radius 3 is 2.85 bits per heavy atom. The number of thioether (sulfide) groups is 1. The first kappa shape index (κ1) is 14.0. The molecule has 1 aromatic carbocycles. The smallest absolute Gasteiger partial charge is 0.343 e. The van der Waals surface area contributed by atoms with Crippen LogP contribution in [0.25, 0.3) is 0 Å². The second-order valence-electron chi connectivity index (χ2n) is 3.87. The van der Waals surface area contributed by atoms with Crippen LogP contribution in [-0.2, 0) is 5.75 Å². The van der Waals surface area contributed by atoms with Crippen LogP contribution in [-0.4, -0.2) is 31.2 Å². The number of H-pyrrole nitrogens is 1. The van der Waals surface area contributed by atoms with E-state index in [0.717, 1.165) is 0 Å². The van der Waals surface area contributed by atoms with E-state index >= 15 is 0 Å². The van der Waals surface area contributed by atoms with Crippen molar-refractivity contribution in [1.29, 1.82) is 0 Å². The van der Waals surface area contributed by atoms with Gasteiger partial charge < -0.3 is 5.11 Å². The average Bonchev–Trinajstić information content (AvgIpc) is 2.81. The Balaban J connectivity index is 2.29. The number of carbonyl (C=O) groups is 1. The first-order chi connectivity index (χ1) is 9.49. The molecule has 20 heavy (non-hydrogen) atoms. The van der Waals surface area contributed by atoms with Gasteiger partial charge in [0.25, 0.3) is 5.69 Å². The number of rotatable bonds is 5. The maximum absolute atomic E-state index is 11.2. The number of benzene rings is 1. The predicted octanol–water partition coefficient (Wildman–Crippen LogP) is 2.01. The van der Waals surface area contributed by atoms with Gasteiger partial charge in [0.2, 0.25) is 5.16 Å². The van der Waals surface area contributed by atoms with E-state index in [1.807, 2.05) is 0 Å². The minimum Gasteiger partial charge on any atom is -0.477 e. The minimum atomic E-state index is -1.32. The molecule has 0 saturated heterocycles. The molecule has 1 aromatic heterocycles. The fraction of sp³-hybridized carbons (Fsp3) is 0.182. The van der Waals surface area contributed by atoms with Gasteiger partial charge in [0.15, 0.2) is 0 Å². The molecule has 2 rings (SSSR count). The van der Waals surface area contributed by atoms with Crippen LogP contribution in [0.1, 0.15) is 21.7 Å². The lowest BCUT2D eigenvalue weighted by Crippen LogP contribution is -2.06. The predicted molar refractivity (Wildman–Crippen MR) is 70.7 cm³/mol. The third kappa shape index (κ3) is 2.94. The molecule has 104 valence electrons. The van der Waals surface area contributed by atoms with Crippen molar-refractivity contribution in [3.05, 3.63) is 45.3 Å². The van der Waals surface area contributed by atoms with Crippen LogP contribution < -0.4 is 0 Å². The van der Waals surface area contributed by atoms with Gasteiger partial charge in [-0.1, -0.05) is 23.9 Å². The topological polar surface area (TPSA) is 122 Å². The second-order valence-corrected chi connectivity index (χ2v) is 4.81. The fourth-order valence-electron chi connectivity index (χ4n) is 1.63. The lowest BCUT2D eigenvalue weighted by molar-refractivity contribution is -0.385. The molecule has 0 saturated carbocycles. The number of aromatic nitrogens is 3.